The van der Waals surface area contributed by atoms with Crippen LogP contribution in [0.5, 0.6) is 0 Å². The van der Waals surface area contributed by atoms with Crippen molar-refractivity contribution in [3.8, 4) is 0 Å². The number of aromatic nitrogens is 1. The molecule has 2 nitrogen and oxygen atoms in total. The van der Waals surface area contributed by atoms with Crippen LogP contribution in [0.4, 0.5) is 0 Å². The molecule has 1 saturated carbocycles. The molecule has 2 atom stereocenters. The SMILES string of the molecule is CC(C)CNCC1CCCC1c1cnc2ccccc2c1. The van der Waals surface area contributed by atoms with Gasteiger partial charge in [-0.25, -0.2) is 0 Å². The molecule has 1 fully saturated rings. The first-order chi connectivity index (χ1) is 10.2. The lowest BCUT2D eigenvalue weighted by Gasteiger charge is -2.21. The van der Waals surface area contributed by atoms with Gasteiger partial charge < -0.3 is 5.32 Å². The summed E-state index contributed by atoms with van der Waals surface area (Å²) in [5.74, 6) is 2.18. The van der Waals surface area contributed by atoms with Gasteiger partial charge in [-0.15, -0.1) is 0 Å². The highest BCUT2D eigenvalue weighted by molar-refractivity contribution is 5.78. The van der Waals surface area contributed by atoms with Crippen LogP contribution in [0.25, 0.3) is 10.9 Å². The highest BCUT2D eigenvalue weighted by Crippen LogP contribution is 2.39. The van der Waals surface area contributed by atoms with Gasteiger partial charge >= 0.3 is 0 Å². The van der Waals surface area contributed by atoms with Crippen LogP contribution in [-0.2, 0) is 0 Å². The molecule has 2 heteroatoms. The normalized spacial score (nSPS) is 22.2. The summed E-state index contributed by atoms with van der Waals surface area (Å²) < 4.78 is 0. The molecule has 1 aromatic carbocycles. The quantitative estimate of drug-likeness (QED) is 0.881. The van der Waals surface area contributed by atoms with E-state index in [1.54, 1.807) is 0 Å². The Hall–Kier alpha value is -1.41. The Labute approximate surface area is 128 Å². The molecule has 1 heterocycles. The largest absolute Gasteiger partial charge is 0.316 e. The molecule has 0 saturated heterocycles. The summed E-state index contributed by atoms with van der Waals surface area (Å²) in [6.45, 7) is 6.81. The van der Waals surface area contributed by atoms with Gasteiger partial charge in [0, 0.05) is 11.6 Å². The molecule has 0 spiro atoms. The zero-order valence-electron chi connectivity index (χ0n) is 13.2. The van der Waals surface area contributed by atoms with E-state index in [1.807, 2.05) is 0 Å². The second-order valence-corrected chi connectivity index (χ2v) is 6.81. The summed E-state index contributed by atoms with van der Waals surface area (Å²) in [5, 5.41) is 4.92. The van der Waals surface area contributed by atoms with Gasteiger partial charge in [0.25, 0.3) is 0 Å². The topological polar surface area (TPSA) is 24.9 Å². The van der Waals surface area contributed by atoms with Gasteiger partial charge in [0.05, 0.1) is 5.52 Å². The third kappa shape index (κ3) is 3.44. The smallest absolute Gasteiger partial charge is 0.0702 e. The van der Waals surface area contributed by atoms with E-state index in [-0.39, 0.29) is 0 Å². The summed E-state index contributed by atoms with van der Waals surface area (Å²) >= 11 is 0. The number of benzene rings is 1. The molecule has 112 valence electrons. The van der Waals surface area contributed by atoms with Crippen molar-refractivity contribution in [3.63, 3.8) is 0 Å². The van der Waals surface area contributed by atoms with E-state index in [0.29, 0.717) is 5.92 Å². The highest BCUT2D eigenvalue weighted by atomic mass is 14.9. The molecular formula is C19H26N2. The van der Waals surface area contributed by atoms with Crippen molar-refractivity contribution in [2.24, 2.45) is 11.8 Å². The summed E-state index contributed by atoms with van der Waals surface area (Å²) in [4.78, 5) is 4.65. The predicted octanol–water partition coefficient (Wildman–Crippen LogP) is 4.36. The summed E-state index contributed by atoms with van der Waals surface area (Å²) in [6.07, 6.45) is 6.12. The number of hydrogen-bond donors (Lipinski definition) is 1. The average Bonchev–Trinajstić information content (AvgIpc) is 2.95. The molecule has 21 heavy (non-hydrogen) atoms. The number of nitrogens with zero attached hydrogens (tertiary/aromatic N) is 1. The maximum absolute atomic E-state index is 4.65. The van der Waals surface area contributed by atoms with E-state index in [1.165, 1.54) is 30.2 Å². The third-order valence-electron chi connectivity index (χ3n) is 4.66. The fourth-order valence-electron chi connectivity index (χ4n) is 3.57. The molecule has 1 aromatic heterocycles. The molecule has 0 aliphatic heterocycles. The lowest BCUT2D eigenvalue weighted by Crippen LogP contribution is -2.27. The first-order valence-electron chi connectivity index (χ1n) is 8.29. The van der Waals surface area contributed by atoms with Crippen LogP contribution in [-0.4, -0.2) is 18.1 Å². The minimum Gasteiger partial charge on any atom is -0.316 e. The van der Waals surface area contributed by atoms with Gasteiger partial charge in [0.15, 0.2) is 0 Å². The van der Waals surface area contributed by atoms with Gasteiger partial charge in [-0.1, -0.05) is 38.5 Å². The minimum atomic E-state index is 0.682. The van der Waals surface area contributed by atoms with Crippen molar-refractivity contribution in [3.05, 3.63) is 42.1 Å². The second-order valence-electron chi connectivity index (χ2n) is 6.81. The molecule has 2 unspecified atom stereocenters. The Bertz CT molecular complexity index is 591. The molecule has 0 bridgehead atoms. The van der Waals surface area contributed by atoms with Gasteiger partial charge in [-0.2, -0.15) is 0 Å². The van der Waals surface area contributed by atoms with Crippen molar-refractivity contribution < 1.29 is 0 Å². The molecule has 0 amide bonds. The fraction of sp³-hybridized carbons (Fsp3) is 0.526. The van der Waals surface area contributed by atoms with Gasteiger partial charge in [-0.3, -0.25) is 4.98 Å². The van der Waals surface area contributed by atoms with Crippen LogP contribution in [0.3, 0.4) is 0 Å². The Morgan fingerprint density at radius 2 is 2.10 bits per heavy atom. The Morgan fingerprint density at radius 1 is 1.24 bits per heavy atom. The number of nitrogens with one attached hydrogen (secondary N) is 1. The maximum atomic E-state index is 4.65. The van der Waals surface area contributed by atoms with E-state index >= 15 is 0 Å². The molecule has 2 aromatic rings. The lowest BCUT2D eigenvalue weighted by molar-refractivity contribution is 0.425. The zero-order chi connectivity index (χ0) is 14.7. The Morgan fingerprint density at radius 3 is 2.95 bits per heavy atom. The summed E-state index contributed by atoms with van der Waals surface area (Å²) in [6, 6.07) is 10.8. The maximum Gasteiger partial charge on any atom is 0.0702 e. The van der Waals surface area contributed by atoms with Crippen LogP contribution < -0.4 is 5.32 Å². The Kier molecular flexibility index (Phi) is 4.54. The fourth-order valence-corrected chi connectivity index (χ4v) is 3.57. The first-order valence-corrected chi connectivity index (χ1v) is 8.29. The van der Waals surface area contributed by atoms with Crippen LogP contribution >= 0.6 is 0 Å². The number of fused-ring (bicyclic) bond motifs is 1. The zero-order valence-corrected chi connectivity index (χ0v) is 13.2. The van der Waals surface area contributed by atoms with Gasteiger partial charge in [-0.05, 0) is 61.4 Å². The number of hydrogen-bond acceptors (Lipinski definition) is 2. The van der Waals surface area contributed by atoms with E-state index in [2.05, 4.69) is 60.7 Å². The van der Waals surface area contributed by atoms with Crippen molar-refractivity contribution >= 4 is 10.9 Å². The van der Waals surface area contributed by atoms with E-state index in [4.69, 9.17) is 0 Å². The predicted molar refractivity (Wildman–Crippen MR) is 89.5 cm³/mol. The number of para-hydroxylation sites is 1. The monoisotopic (exact) mass is 282 g/mol. The van der Waals surface area contributed by atoms with Gasteiger partial charge in [0.1, 0.15) is 0 Å². The molecule has 1 aliphatic rings. The van der Waals surface area contributed by atoms with E-state index in [9.17, 15) is 0 Å². The van der Waals surface area contributed by atoms with Crippen molar-refractivity contribution in [2.45, 2.75) is 39.0 Å². The van der Waals surface area contributed by atoms with Crippen molar-refractivity contribution in [2.75, 3.05) is 13.1 Å². The van der Waals surface area contributed by atoms with Crippen LogP contribution in [0.15, 0.2) is 36.5 Å². The standard InChI is InChI=1S/C19H26N2/c1-14(2)11-20-12-16-7-5-8-18(16)17-10-15-6-3-4-9-19(15)21-13-17/h3-4,6,9-10,13-14,16,18,20H,5,7-8,11-12H2,1-2H3. The molecule has 0 radical (unpaired) electrons. The van der Waals surface area contributed by atoms with E-state index < -0.39 is 0 Å². The van der Waals surface area contributed by atoms with E-state index in [0.717, 1.165) is 30.4 Å². The highest BCUT2D eigenvalue weighted by Gasteiger charge is 2.28. The van der Waals surface area contributed by atoms with Crippen molar-refractivity contribution in [1.82, 2.24) is 10.3 Å². The average molecular weight is 282 g/mol. The molecule has 1 aliphatic carbocycles. The number of rotatable bonds is 5. The summed E-state index contributed by atoms with van der Waals surface area (Å²) in [5.41, 5.74) is 2.54. The summed E-state index contributed by atoms with van der Waals surface area (Å²) in [7, 11) is 0. The lowest BCUT2D eigenvalue weighted by atomic mass is 9.89. The first kappa shape index (κ1) is 14.5. The molecule has 3 rings (SSSR count). The Balaban J connectivity index is 1.73. The minimum absolute atomic E-state index is 0.682. The molecular weight excluding hydrogens is 256 g/mol. The van der Waals surface area contributed by atoms with Crippen LogP contribution in [0.2, 0.25) is 0 Å². The third-order valence-corrected chi connectivity index (χ3v) is 4.66. The van der Waals surface area contributed by atoms with Crippen LogP contribution in [0.1, 0.15) is 44.6 Å². The van der Waals surface area contributed by atoms with Crippen LogP contribution in [0, 0.1) is 11.8 Å². The second kappa shape index (κ2) is 6.57. The molecule has 1 N–H and O–H groups in total. The van der Waals surface area contributed by atoms with Crippen molar-refractivity contribution in [1.29, 1.82) is 0 Å². The number of pyridine rings is 1. The van der Waals surface area contributed by atoms with Gasteiger partial charge in [0.2, 0.25) is 0 Å².